The van der Waals surface area contributed by atoms with Crippen LogP contribution in [-0.2, 0) is 26.0 Å². The Hall–Kier alpha value is -3.90. The van der Waals surface area contributed by atoms with Gasteiger partial charge in [0.2, 0.25) is 9.84 Å². The molecule has 0 aliphatic heterocycles. The zero-order valence-electron chi connectivity index (χ0n) is 17.6. The Labute approximate surface area is 188 Å². The zero-order valence-corrected chi connectivity index (χ0v) is 18.5. The number of hydrogen-bond acceptors (Lipinski definition) is 7. The molecule has 2 aromatic heterocycles. The number of nitrogens with one attached hydrogen (secondary N) is 1. The normalized spacial score (nSPS) is 11.1. The summed E-state index contributed by atoms with van der Waals surface area (Å²) in [6, 6.07) is 8.99. The second kappa shape index (κ2) is 11.1. The molecule has 33 heavy (non-hydrogen) atoms. The van der Waals surface area contributed by atoms with Gasteiger partial charge < -0.3 is 15.5 Å². The number of aryl methyl sites for hydroxylation is 1. The number of benzene rings is 1. The number of pyridine rings is 1. The summed E-state index contributed by atoms with van der Waals surface area (Å²) in [5, 5.41) is 22.7. The molecule has 3 aromatic rings. The fraction of sp³-hybridized carbons (Fsp3) is 0.143. The Morgan fingerprint density at radius 3 is 2.33 bits per heavy atom. The lowest BCUT2D eigenvalue weighted by Gasteiger charge is -2.09. The number of rotatable bonds is 7. The van der Waals surface area contributed by atoms with Crippen LogP contribution in [0.1, 0.15) is 11.3 Å². The van der Waals surface area contributed by atoms with Gasteiger partial charge >= 0.3 is 11.9 Å². The van der Waals surface area contributed by atoms with Crippen LogP contribution < -0.4 is 5.32 Å². The third-order valence-corrected chi connectivity index (χ3v) is 5.71. The third kappa shape index (κ3) is 6.79. The van der Waals surface area contributed by atoms with Crippen molar-refractivity contribution < 1.29 is 32.6 Å². The number of aromatic nitrogens is 3. The standard InChI is InChI=1S/C17H17FN4O2S.C4H4O4/c1-12-5-6-16(15(18)8-12)22-17(9-13(21-22)10-19-2)25(23,24)14-4-3-7-20-11-14;5-3(6)1-2-4(7)8/h3-9,11,19H,10H2,1-2H3;1-2H,(H,5,6)(H,7,8). The SMILES string of the molecule is CNCc1cc(S(=O)(=O)c2cccnc2)n(-c2ccc(C)cc2F)n1.O=C(O)C=CC(=O)O. The van der Waals surface area contributed by atoms with Crippen LogP contribution in [0.2, 0.25) is 0 Å². The van der Waals surface area contributed by atoms with Crippen molar-refractivity contribution in [3.05, 3.63) is 78.0 Å². The van der Waals surface area contributed by atoms with Crippen LogP contribution >= 0.6 is 0 Å². The van der Waals surface area contributed by atoms with Crippen LogP contribution in [0.4, 0.5) is 4.39 Å². The zero-order chi connectivity index (χ0) is 24.6. The van der Waals surface area contributed by atoms with Crippen molar-refractivity contribution in [2.45, 2.75) is 23.4 Å². The quantitative estimate of drug-likeness (QED) is 0.435. The molecule has 2 heterocycles. The fourth-order valence-corrected chi connectivity index (χ4v) is 3.95. The van der Waals surface area contributed by atoms with Crippen LogP contribution in [0.5, 0.6) is 0 Å². The summed E-state index contributed by atoms with van der Waals surface area (Å²) in [4.78, 5) is 23.0. The predicted octanol–water partition coefficient (Wildman–Crippen LogP) is 1.98. The lowest BCUT2D eigenvalue weighted by Crippen LogP contribution is -2.11. The van der Waals surface area contributed by atoms with E-state index in [1.807, 2.05) is 0 Å². The summed E-state index contributed by atoms with van der Waals surface area (Å²) < 4.78 is 41.5. The van der Waals surface area contributed by atoms with Gasteiger partial charge in [-0.1, -0.05) is 6.07 Å². The molecular weight excluding hydrogens is 455 g/mol. The molecule has 10 nitrogen and oxygen atoms in total. The van der Waals surface area contributed by atoms with Gasteiger partial charge in [-0.3, -0.25) is 4.98 Å². The van der Waals surface area contributed by atoms with E-state index in [0.717, 1.165) is 10.2 Å². The summed E-state index contributed by atoms with van der Waals surface area (Å²) >= 11 is 0. The summed E-state index contributed by atoms with van der Waals surface area (Å²) in [6.45, 7) is 2.12. The lowest BCUT2D eigenvalue weighted by atomic mass is 10.2. The van der Waals surface area contributed by atoms with Gasteiger partial charge in [-0.15, -0.1) is 0 Å². The van der Waals surface area contributed by atoms with Crippen molar-refractivity contribution >= 4 is 21.8 Å². The molecule has 3 N–H and O–H groups in total. The highest BCUT2D eigenvalue weighted by molar-refractivity contribution is 7.91. The number of aliphatic carboxylic acids is 2. The lowest BCUT2D eigenvalue weighted by molar-refractivity contribution is -0.134. The monoisotopic (exact) mass is 476 g/mol. The van der Waals surface area contributed by atoms with E-state index in [1.54, 1.807) is 20.0 Å². The molecule has 0 saturated heterocycles. The van der Waals surface area contributed by atoms with Crippen molar-refractivity contribution in [1.29, 1.82) is 0 Å². The van der Waals surface area contributed by atoms with Crippen molar-refractivity contribution in [3.63, 3.8) is 0 Å². The summed E-state index contributed by atoms with van der Waals surface area (Å²) in [5.41, 5.74) is 1.31. The van der Waals surface area contributed by atoms with Gasteiger partial charge in [0.05, 0.1) is 10.6 Å². The molecule has 0 aliphatic carbocycles. The Morgan fingerprint density at radius 2 is 1.82 bits per heavy atom. The highest BCUT2D eigenvalue weighted by atomic mass is 32.2. The van der Waals surface area contributed by atoms with Gasteiger partial charge in [0.1, 0.15) is 11.5 Å². The average Bonchev–Trinajstić information content (AvgIpc) is 3.18. The van der Waals surface area contributed by atoms with Crippen LogP contribution in [0.3, 0.4) is 0 Å². The fourth-order valence-electron chi connectivity index (χ4n) is 2.59. The molecule has 1 aromatic carbocycles. The molecule has 0 radical (unpaired) electrons. The van der Waals surface area contributed by atoms with Gasteiger partial charge in [0, 0.05) is 37.2 Å². The van der Waals surface area contributed by atoms with E-state index >= 15 is 0 Å². The highest BCUT2D eigenvalue weighted by Crippen LogP contribution is 2.25. The largest absolute Gasteiger partial charge is 0.478 e. The molecule has 0 aliphatic rings. The van der Waals surface area contributed by atoms with E-state index in [0.29, 0.717) is 24.4 Å². The molecule has 0 atom stereocenters. The summed E-state index contributed by atoms with van der Waals surface area (Å²) in [6.07, 6.45) is 3.86. The molecule has 0 saturated carbocycles. The minimum absolute atomic E-state index is 0.0275. The first kappa shape index (κ1) is 25.4. The topological polar surface area (TPSA) is 151 Å². The maximum absolute atomic E-state index is 14.4. The number of carboxylic acids is 2. The predicted molar refractivity (Wildman–Crippen MR) is 115 cm³/mol. The van der Waals surface area contributed by atoms with Crippen LogP contribution in [-0.4, -0.2) is 52.4 Å². The van der Waals surface area contributed by atoms with Gasteiger partial charge in [-0.05, 0) is 43.8 Å². The number of carbonyl (C=O) groups is 2. The first-order chi connectivity index (χ1) is 15.6. The number of carboxylic acid groups (broad SMARTS) is 2. The molecule has 0 amide bonds. The average molecular weight is 476 g/mol. The van der Waals surface area contributed by atoms with E-state index in [1.165, 1.54) is 42.7 Å². The minimum Gasteiger partial charge on any atom is -0.478 e. The molecule has 0 spiro atoms. The number of hydrogen-bond donors (Lipinski definition) is 3. The Bertz CT molecular complexity index is 1260. The minimum atomic E-state index is -3.90. The number of nitrogens with zero attached hydrogens (tertiary/aromatic N) is 3. The Kier molecular flexibility index (Phi) is 8.54. The first-order valence-corrected chi connectivity index (χ1v) is 10.8. The number of halogens is 1. The molecular formula is C21H21FN4O6S. The summed E-state index contributed by atoms with van der Waals surface area (Å²) in [7, 11) is -2.18. The van der Waals surface area contributed by atoms with Crippen LogP contribution in [0.15, 0.2) is 70.9 Å². The smallest absolute Gasteiger partial charge is 0.328 e. The third-order valence-electron chi connectivity index (χ3n) is 4.01. The van der Waals surface area contributed by atoms with Crippen LogP contribution in [0, 0.1) is 12.7 Å². The maximum atomic E-state index is 14.4. The first-order valence-electron chi connectivity index (χ1n) is 9.35. The van der Waals surface area contributed by atoms with Crippen molar-refractivity contribution in [1.82, 2.24) is 20.1 Å². The van der Waals surface area contributed by atoms with Gasteiger partial charge in [-0.25, -0.2) is 27.1 Å². The van der Waals surface area contributed by atoms with E-state index in [4.69, 9.17) is 10.2 Å². The highest BCUT2D eigenvalue weighted by Gasteiger charge is 2.26. The van der Waals surface area contributed by atoms with Crippen LogP contribution in [0.25, 0.3) is 5.69 Å². The molecule has 0 bridgehead atoms. The van der Waals surface area contributed by atoms with Crippen molar-refractivity contribution in [3.8, 4) is 5.69 Å². The van der Waals surface area contributed by atoms with E-state index < -0.39 is 27.6 Å². The molecule has 0 fully saturated rings. The van der Waals surface area contributed by atoms with Gasteiger partial charge in [-0.2, -0.15) is 5.10 Å². The second-order valence-corrected chi connectivity index (χ2v) is 8.47. The van der Waals surface area contributed by atoms with Crippen molar-refractivity contribution in [2.75, 3.05) is 7.05 Å². The summed E-state index contributed by atoms with van der Waals surface area (Å²) in [5.74, 6) is -3.05. The second-order valence-electron chi connectivity index (χ2n) is 6.57. The molecule has 174 valence electrons. The van der Waals surface area contributed by atoms with Gasteiger partial charge in [0.25, 0.3) is 0 Å². The van der Waals surface area contributed by atoms with E-state index in [9.17, 15) is 22.4 Å². The Balaban J connectivity index is 0.000000414. The van der Waals surface area contributed by atoms with Gasteiger partial charge in [0.15, 0.2) is 5.03 Å². The molecule has 0 unspecified atom stereocenters. The van der Waals surface area contributed by atoms with E-state index in [2.05, 4.69) is 15.4 Å². The Morgan fingerprint density at radius 1 is 1.15 bits per heavy atom. The molecule has 3 rings (SSSR count). The number of sulfone groups is 1. The maximum Gasteiger partial charge on any atom is 0.328 e. The molecule has 12 heteroatoms. The van der Waals surface area contributed by atoms with E-state index in [-0.39, 0.29) is 15.6 Å². The van der Waals surface area contributed by atoms with Crippen molar-refractivity contribution in [2.24, 2.45) is 0 Å².